The van der Waals surface area contributed by atoms with Gasteiger partial charge in [-0.15, -0.1) is 0 Å². The molecule has 2 N–H and O–H groups in total. The molecule has 0 aliphatic rings. The summed E-state index contributed by atoms with van der Waals surface area (Å²) in [5.74, 6) is -1.57. The molecule has 98 valence electrons. The Morgan fingerprint density at radius 3 is 2.53 bits per heavy atom. The predicted molar refractivity (Wildman–Crippen MR) is 72.8 cm³/mol. The lowest BCUT2D eigenvalue weighted by Gasteiger charge is -2.11. The lowest BCUT2D eigenvalue weighted by molar-refractivity contribution is 0.0698. The summed E-state index contributed by atoms with van der Waals surface area (Å²) in [6.45, 7) is 1.78. The van der Waals surface area contributed by atoms with Crippen molar-refractivity contribution in [3.8, 4) is 0 Å². The Balaban J connectivity index is 2.40. The molecule has 0 heterocycles. The number of anilines is 2. The molecule has 0 fully saturated rings. The number of nitrogens with one attached hydrogen (secondary N) is 1. The molecule has 0 aliphatic carbocycles. The fourth-order valence-corrected chi connectivity index (χ4v) is 1.84. The minimum atomic E-state index is -1.13. The molecule has 2 aromatic carbocycles. The maximum Gasteiger partial charge on any atom is 0.337 e. The maximum atomic E-state index is 13.7. The minimum Gasteiger partial charge on any atom is -0.478 e. The zero-order valence-electron chi connectivity index (χ0n) is 10.1. The zero-order valence-corrected chi connectivity index (χ0v) is 10.8. The Morgan fingerprint density at radius 2 is 1.89 bits per heavy atom. The average molecular weight is 280 g/mol. The van der Waals surface area contributed by atoms with Gasteiger partial charge in [-0.1, -0.05) is 17.7 Å². The number of aryl methyl sites for hydroxylation is 1. The van der Waals surface area contributed by atoms with Gasteiger partial charge in [0.2, 0.25) is 0 Å². The first-order chi connectivity index (χ1) is 8.97. The molecule has 0 atom stereocenters. The van der Waals surface area contributed by atoms with Gasteiger partial charge in [0.25, 0.3) is 0 Å². The molecule has 0 amide bonds. The van der Waals surface area contributed by atoms with Gasteiger partial charge < -0.3 is 10.4 Å². The number of carboxylic acid groups (broad SMARTS) is 1. The summed E-state index contributed by atoms with van der Waals surface area (Å²) < 4.78 is 13.7. The van der Waals surface area contributed by atoms with Crippen LogP contribution in [0.3, 0.4) is 0 Å². The minimum absolute atomic E-state index is 0.00697. The fourth-order valence-electron chi connectivity index (χ4n) is 1.67. The molecular weight excluding hydrogens is 269 g/mol. The van der Waals surface area contributed by atoms with Crippen LogP contribution in [0, 0.1) is 12.7 Å². The van der Waals surface area contributed by atoms with E-state index in [1.54, 1.807) is 25.1 Å². The van der Waals surface area contributed by atoms with E-state index >= 15 is 0 Å². The second-order valence-corrected chi connectivity index (χ2v) is 4.54. The van der Waals surface area contributed by atoms with Crippen LogP contribution in [0.25, 0.3) is 0 Å². The number of halogens is 2. The molecule has 0 spiro atoms. The first-order valence-electron chi connectivity index (χ1n) is 5.53. The van der Waals surface area contributed by atoms with Gasteiger partial charge in [0.05, 0.1) is 16.9 Å². The van der Waals surface area contributed by atoms with Gasteiger partial charge in [-0.3, -0.25) is 0 Å². The highest BCUT2D eigenvalue weighted by molar-refractivity contribution is 6.31. The summed E-state index contributed by atoms with van der Waals surface area (Å²) in [4.78, 5) is 11.1. The largest absolute Gasteiger partial charge is 0.478 e. The van der Waals surface area contributed by atoms with Crippen molar-refractivity contribution in [3.05, 3.63) is 58.4 Å². The van der Waals surface area contributed by atoms with Crippen molar-refractivity contribution in [1.29, 1.82) is 0 Å². The molecule has 2 rings (SSSR count). The smallest absolute Gasteiger partial charge is 0.337 e. The van der Waals surface area contributed by atoms with Crippen LogP contribution in [0.1, 0.15) is 15.9 Å². The maximum absolute atomic E-state index is 13.7. The standard InChI is InChI=1S/C14H11ClFNO2/c1-8-2-4-13(11(16)6-8)17-12-5-3-9(15)7-10(12)14(18)19/h2-7,17H,1H3,(H,18,19). The monoisotopic (exact) mass is 279 g/mol. The van der Waals surface area contributed by atoms with Crippen molar-refractivity contribution in [2.45, 2.75) is 6.92 Å². The van der Waals surface area contributed by atoms with Crippen LogP contribution in [0.4, 0.5) is 15.8 Å². The van der Waals surface area contributed by atoms with Crippen molar-refractivity contribution in [1.82, 2.24) is 0 Å². The van der Waals surface area contributed by atoms with E-state index in [9.17, 15) is 9.18 Å². The number of benzene rings is 2. The summed E-state index contributed by atoms with van der Waals surface area (Å²) in [6.07, 6.45) is 0. The van der Waals surface area contributed by atoms with Gasteiger partial charge in [-0.25, -0.2) is 9.18 Å². The predicted octanol–water partition coefficient (Wildman–Crippen LogP) is 4.23. The van der Waals surface area contributed by atoms with Crippen LogP contribution < -0.4 is 5.32 Å². The molecule has 3 nitrogen and oxygen atoms in total. The normalized spacial score (nSPS) is 10.3. The number of hydrogen-bond donors (Lipinski definition) is 2. The second-order valence-electron chi connectivity index (χ2n) is 4.10. The SMILES string of the molecule is Cc1ccc(Nc2ccc(Cl)cc2C(=O)O)c(F)c1. The van der Waals surface area contributed by atoms with E-state index in [4.69, 9.17) is 16.7 Å². The molecule has 0 aromatic heterocycles. The van der Waals surface area contributed by atoms with Crippen LogP contribution in [0.2, 0.25) is 5.02 Å². The van der Waals surface area contributed by atoms with Crippen molar-refractivity contribution < 1.29 is 14.3 Å². The summed E-state index contributed by atoms with van der Waals surface area (Å²) in [7, 11) is 0. The van der Waals surface area contributed by atoms with Crippen LogP contribution in [0.15, 0.2) is 36.4 Å². The zero-order chi connectivity index (χ0) is 14.0. The highest BCUT2D eigenvalue weighted by atomic mass is 35.5. The van der Waals surface area contributed by atoms with Gasteiger partial charge in [-0.2, -0.15) is 0 Å². The van der Waals surface area contributed by atoms with Crippen LogP contribution >= 0.6 is 11.6 Å². The Labute approximate surface area is 114 Å². The summed E-state index contributed by atoms with van der Waals surface area (Å²) in [6, 6.07) is 9.04. The first kappa shape index (κ1) is 13.4. The van der Waals surface area contributed by atoms with Crippen LogP contribution in [0.5, 0.6) is 0 Å². The third kappa shape index (κ3) is 3.03. The van der Waals surface area contributed by atoms with Gasteiger partial charge >= 0.3 is 5.97 Å². The molecule has 0 saturated heterocycles. The van der Waals surface area contributed by atoms with E-state index in [0.29, 0.717) is 10.7 Å². The Hall–Kier alpha value is -2.07. The van der Waals surface area contributed by atoms with Crippen LogP contribution in [-0.4, -0.2) is 11.1 Å². The summed E-state index contributed by atoms with van der Waals surface area (Å²) in [5.41, 5.74) is 1.29. The highest BCUT2D eigenvalue weighted by Gasteiger charge is 2.12. The van der Waals surface area contributed by atoms with Crippen molar-refractivity contribution in [3.63, 3.8) is 0 Å². The van der Waals surface area contributed by atoms with Gasteiger partial charge in [0, 0.05) is 5.02 Å². The molecular formula is C14H11ClFNO2. The van der Waals surface area contributed by atoms with E-state index in [1.165, 1.54) is 18.2 Å². The molecule has 0 bridgehead atoms. The summed E-state index contributed by atoms with van der Waals surface area (Å²) in [5, 5.41) is 12.2. The number of rotatable bonds is 3. The third-order valence-electron chi connectivity index (χ3n) is 2.61. The fraction of sp³-hybridized carbons (Fsp3) is 0.0714. The molecule has 0 unspecified atom stereocenters. The Morgan fingerprint density at radius 1 is 1.21 bits per heavy atom. The van der Waals surface area contributed by atoms with Crippen LogP contribution in [-0.2, 0) is 0 Å². The Bertz CT molecular complexity index is 643. The van der Waals surface area contributed by atoms with Crippen molar-refractivity contribution in [2.24, 2.45) is 0 Å². The van der Waals surface area contributed by atoms with E-state index < -0.39 is 11.8 Å². The average Bonchev–Trinajstić information content (AvgIpc) is 2.34. The van der Waals surface area contributed by atoms with Crippen molar-refractivity contribution >= 4 is 28.9 Å². The quantitative estimate of drug-likeness (QED) is 0.884. The lowest BCUT2D eigenvalue weighted by Crippen LogP contribution is -2.03. The van der Waals surface area contributed by atoms with Gasteiger partial charge in [0.15, 0.2) is 0 Å². The topological polar surface area (TPSA) is 49.3 Å². The van der Waals surface area contributed by atoms with E-state index in [0.717, 1.165) is 5.56 Å². The van der Waals surface area contributed by atoms with E-state index in [1.807, 2.05) is 0 Å². The molecule has 19 heavy (non-hydrogen) atoms. The second kappa shape index (κ2) is 5.28. The summed E-state index contributed by atoms with van der Waals surface area (Å²) >= 11 is 5.75. The molecule has 2 aromatic rings. The van der Waals surface area contributed by atoms with Gasteiger partial charge in [0.1, 0.15) is 5.82 Å². The Kier molecular flexibility index (Phi) is 3.71. The number of aromatic carboxylic acids is 1. The molecule has 0 aliphatic heterocycles. The molecule has 0 radical (unpaired) electrons. The lowest BCUT2D eigenvalue weighted by atomic mass is 10.1. The number of carbonyl (C=O) groups is 1. The van der Waals surface area contributed by atoms with Gasteiger partial charge in [-0.05, 0) is 42.8 Å². The molecule has 0 saturated carbocycles. The molecule has 5 heteroatoms. The number of carboxylic acids is 1. The van der Waals surface area contributed by atoms with Crippen molar-refractivity contribution in [2.75, 3.05) is 5.32 Å². The first-order valence-corrected chi connectivity index (χ1v) is 5.91. The highest BCUT2D eigenvalue weighted by Crippen LogP contribution is 2.26. The third-order valence-corrected chi connectivity index (χ3v) is 2.84. The number of hydrogen-bond acceptors (Lipinski definition) is 2. The van der Waals surface area contributed by atoms with E-state index in [-0.39, 0.29) is 11.3 Å². The van der Waals surface area contributed by atoms with E-state index in [2.05, 4.69) is 5.32 Å².